The van der Waals surface area contributed by atoms with Crippen molar-refractivity contribution in [2.24, 2.45) is 5.73 Å². The van der Waals surface area contributed by atoms with Crippen LogP contribution in [0.5, 0.6) is 0 Å². The summed E-state index contributed by atoms with van der Waals surface area (Å²) in [6.45, 7) is 1.33. The number of aliphatic hydroxyl groups is 1. The second-order valence-corrected chi connectivity index (χ2v) is 4.48. The quantitative estimate of drug-likeness (QED) is 0.807. The van der Waals surface area contributed by atoms with Crippen LogP contribution in [0.15, 0.2) is 36.8 Å². The van der Waals surface area contributed by atoms with Crippen LogP contribution in [-0.2, 0) is 18.7 Å². The van der Waals surface area contributed by atoms with Crippen molar-refractivity contribution >= 4 is 0 Å². The highest BCUT2D eigenvalue weighted by atomic mass is 16.3. The smallest absolute Gasteiger partial charge is 0.133 e. The van der Waals surface area contributed by atoms with Gasteiger partial charge in [-0.1, -0.05) is 24.3 Å². The standard InChI is InChI=1S/C13H15N3O/c14-7-10-1-3-11(4-2-10)13(17)5-6-16-9-15-8-12(13)16/h1-4,8-9,17H,5-7,14H2. The summed E-state index contributed by atoms with van der Waals surface area (Å²) in [5, 5.41) is 10.8. The molecule has 2 heterocycles. The second-order valence-electron chi connectivity index (χ2n) is 4.48. The van der Waals surface area contributed by atoms with Gasteiger partial charge >= 0.3 is 0 Å². The van der Waals surface area contributed by atoms with E-state index in [1.54, 1.807) is 12.5 Å². The van der Waals surface area contributed by atoms with E-state index in [0.29, 0.717) is 13.0 Å². The zero-order chi connectivity index (χ0) is 11.9. The summed E-state index contributed by atoms with van der Waals surface area (Å²) in [4.78, 5) is 4.08. The molecule has 0 amide bonds. The highest BCUT2D eigenvalue weighted by Crippen LogP contribution is 2.38. The second kappa shape index (κ2) is 3.68. The van der Waals surface area contributed by atoms with Crippen LogP contribution in [0, 0.1) is 0 Å². The third-order valence-electron chi connectivity index (χ3n) is 3.52. The predicted octanol–water partition coefficient (Wildman–Crippen LogP) is 0.981. The molecule has 0 fully saturated rings. The molecule has 4 nitrogen and oxygen atoms in total. The molecule has 3 N–H and O–H groups in total. The summed E-state index contributed by atoms with van der Waals surface area (Å²) in [5.41, 5.74) is 7.53. The van der Waals surface area contributed by atoms with Crippen molar-refractivity contribution in [3.8, 4) is 0 Å². The van der Waals surface area contributed by atoms with Crippen molar-refractivity contribution in [1.29, 1.82) is 0 Å². The highest BCUT2D eigenvalue weighted by Gasteiger charge is 2.38. The Labute approximate surface area is 99.7 Å². The number of hydrogen-bond acceptors (Lipinski definition) is 3. The molecule has 1 unspecified atom stereocenters. The first-order valence-electron chi connectivity index (χ1n) is 5.76. The highest BCUT2D eigenvalue weighted by molar-refractivity contribution is 5.35. The van der Waals surface area contributed by atoms with Gasteiger partial charge in [-0.3, -0.25) is 0 Å². The van der Waals surface area contributed by atoms with E-state index in [1.807, 2.05) is 28.8 Å². The number of fused-ring (bicyclic) bond motifs is 1. The Hall–Kier alpha value is -1.65. The SMILES string of the molecule is NCc1ccc(C2(O)CCn3cncc32)cc1. The number of imidazole rings is 1. The Morgan fingerprint density at radius 2 is 2.12 bits per heavy atom. The van der Waals surface area contributed by atoms with Gasteiger partial charge in [0.15, 0.2) is 0 Å². The average molecular weight is 229 g/mol. The topological polar surface area (TPSA) is 64.1 Å². The van der Waals surface area contributed by atoms with Crippen LogP contribution in [0.25, 0.3) is 0 Å². The minimum absolute atomic E-state index is 0.524. The summed E-state index contributed by atoms with van der Waals surface area (Å²) < 4.78 is 2.00. The summed E-state index contributed by atoms with van der Waals surface area (Å²) in [6.07, 6.45) is 4.21. The lowest BCUT2D eigenvalue weighted by molar-refractivity contribution is 0.0825. The first-order valence-corrected chi connectivity index (χ1v) is 5.76. The van der Waals surface area contributed by atoms with Gasteiger partial charge in [0, 0.05) is 19.5 Å². The maximum atomic E-state index is 10.8. The van der Waals surface area contributed by atoms with Crippen molar-refractivity contribution in [3.63, 3.8) is 0 Å². The number of aryl methyl sites for hydroxylation is 1. The maximum absolute atomic E-state index is 10.8. The van der Waals surface area contributed by atoms with Gasteiger partial charge in [-0.05, 0) is 11.1 Å². The molecular formula is C13H15N3O. The third kappa shape index (κ3) is 1.49. The van der Waals surface area contributed by atoms with Crippen LogP contribution in [0.2, 0.25) is 0 Å². The van der Waals surface area contributed by atoms with Crippen LogP contribution in [0.3, 0.4) is 0 Å². The number of rotatable bonds is 2. The fourth-order valence-corrected chi connectivity index (χ4v) is 2.46. The van der Waals surface area contributed by atoms with Crippen molar-refractivity contribution in [3.05, 3.63) is 53.6 Å². The minimum atomic E-state index is -0.899. The van der Waals surface area contributed by atoms with Crippen LogP contribution in [0.4, 0.5) is 0 Å². The molecular weight excluding hydrogens is 214 g/mol. The Morgan fingerprint density at radius 1 is 1.35 bits per heavy atom. The monoisotopic (exact) mass is 229 g/mol. The van der Waals surface area contributed by atoms with Crippen molar-refractivity contribution < 1.29 is 5.11 Å². The Morgan fingerprint density at radius 3 is 2.82 bits per heavy atom. The van der Waals surface area contributed by atoms with Gasteiger partial charge in [0.05, 0.1) is 18.2 Å². The summed E-state index contributed by atoms with van der Waals surface area (Å²) in [6, 6.07) is 7.83. The molecule has 88 valence electrons. The number of nitrogens with two attached hydrogens (primary N) is 1. The lowest BCUT2D eigenvalue weighted by Gasteiger charge is -2.22. The Balaban J connectivity index is 2.04. The third-order valence-corrected chi connectivity index (χ3v) is 3.52. The molecule has 0 bridgehead atoms. The van der Waals surface area contributed by atoms with Crippen molar-refractivity contribution in [2.75, 3.05) is 0 Å². The van der Waals surface area contributed by atoms with Crippen LogP contribution >= 0.6 is 0 Å². The van der Waals surface area contributed by atoms with Gasteiger partial charge in [0.25, 0.3) is 0 Å². The molecule has 1 aliphatic rings. The molecule has 4 heteroatoms. The molecule has 3 rings (SSSR count). The average Bonchev–Trinajstić information content (AvgIpc) is 2.95. The number of nitrogens with zero attached hydrogens (tertiary/aromatic N) is 2. The van der Waals surface area contributed by atoms with E-state index in [0.717, 1.165) is 23.4 Å². The zero-order valence-electron chi connectivity index (χ0n) is 9.50. The fraction of sp³-hybridized carbons (Fsp3) is 0.308. The lowest BCUT2D eigenvalue weighted by atomic mass is 9.89. The summed E-state index contributed by atoms with van der Waals surface area (Å²) in [5.74, 6) is 0. The van der Waals surface area contributed by atoms with Crippen molar-refractivity contribution in [1.82, 2.24) is 9.55 Å². The van der Waals surface area contributed by atoms with Crippen LogP contribution in [-0.4, -0.2) is 14.7 Å². The van der Waals surface area contributed by atoms with E-state index in [1.165, 1.54) is 0 Å². The molecule has 1 aromatic carbocycles. The van der Waals surface area contributed by atoms with Gasteiger partial charge in [0.2, 0.25) is 0 Å². The number of aromatic nitrogens is 2. The summed E-state index contributed by atoms with van der Waals surface area (Å²) in [7, 11) is 0. The first kappa shape index (κ1) is 10.5. The largest absolute Gasteiger partial charge is 0.379 e. The molecule has 0 spiro atoms. The van der Waals surface area contributed by atoms with Gasteiger partial charge in [0.1, 0.15) is 5.60 Å². The maximum Gasteiger partial charge on any atom is 0.133 e. The van der Waals surface area contributed by atoms with Gasteiger partial charge in [-0.25, -0.2) is 4.98 Å². The molecule has 1 aliphatic heterocycles. The van der Waals surface area contributed by atoms with Gasteiger partial charge < -0.3 is 15.4 Å². The first-order chi connectivity index (χ1) is 8.24. The molecule has 0 radical (unpaired) electrons. The number of benzene rings is 1. The lowest BCUT2D eigenvalue weighted by Crippen LogP contribution is -2.23. The van der Waals surface area contributed by atoms with E-state index in [2.05, 4.69) is 4.98 Å². The summed E-state index contributed by atoms with van der Waals surface area (Å²) >= 11 is 0. The van der Waals surface area contributed by atoms with Gasteiger partial charge in [-0.15, -0.1) is 0 Å². The fourth-order valence-electron chi connectivity index (χ4n) is 2.46. The van der Waals surface area contributed by atoms with E-state index in [9.17, 15) is 5.11 Å². The van der Waals surface area contributed by atoms with E-state index >= 15 is 0 Å². The van der Waals surface area contributed by atoms with E-state index in [-0.39, 0.29) is 0 Å². The molecule has 0 saturated heterocycles. The molecule has 0 saturated carbocycles. The Bertz CT molecular complexity index is 532. The van der Waals surface area contributed by atoms with E-state index < -0.39 is 5.60 Å². The molecule has 1 aromatic heterocycles. The molecule has 1 atom stereocenters. The predicted molar refractivity (Wildman–Crippen MR) is 64.2 cm³/mol. The molecule has 17 heavy (non-hydrogen) atoms. The van der Waals surface area contributed by atoms with Crippen LogP contribution in [0.1, 0.15) is 23.2 Å². The van der Waals surface area contributed by atoms with Gasteiger partial charge in [-0.2, -0.15) is 0 Å². The molecule has 2 aromatic rings. The minimum Gasteiger partial charge on any atom is -0.379 e. The normalized spacial score (nSPS) is 22.7. The van der Waals surface area contributed by atoms with Crippen molar-refractivity contribution in [2.45, 2.75) is 25.1 Å². The molecule has 0 aliphatic carbocycles. The van der Waals surface area contributed by atoms with Crippen LogP contribution < -0.4 is 5.73 Å². The van der Waals surface area contributed by atoms with E-state index in [4.69, 9.17) is 5.73 Å². The Kier molecular flexibility index (Phi) is 2.28. The number of hydrogen-bond donors (Lipinski definition) is 2. The zero-order valence-corrected chi connectivity index (χ0v) is 9.50.